The number of nitro benzene ring substituents is 2. The normalized spacial score (nSPS) is 10.5. The third kappa shape index (κ3) is 4.47. The number of nitrogens with one attached hydrogen (secondary N) is 1. The number of nitro groups is 2. The number of amides is 1. The molecule has 164 valence electrons. The number of carbonyl (C=O) groups is 2. The van der Waals surface area contributed by atoms with Crippen LogP contribution in [0.25, 0.3) is 11.1 Å². The SMILES string of the molecule is COC(=O)c1c(-c2ccc(C)c(C)c2)csc1NC(=O)c1cc([N+](=O)[O-])cc([N+](=O)[O-])c1. The zero-order chi connectivity index (χ0) is 23.6. The second kappa shape index (κ2) is 8.94. The lowest BCUT2D eigenvalue weighted by molar-refractivity contribution is -0.394. The number of thiophene rings is 1. The van der Waals surface area contributed by atoms with E-state index >= 15 is 0 Å². The van der Waals surface area contributed by atoms with Crippen LogP contribution in [0.5, 0.6) is 0 Å². The number of hydrogen-bond acceptors (Lipinski definition) is 8. The van der Waals surface area contributed by atoms with Crippen molar-refractivity contribution >= 4 is 39.6 Å². The summed E-state index contributed by atoms with van der Waals surface area (Å²) in [6.45, 7) is 3.89. The summed E-state index contributed by atoms with van der Waals surface area (Å²) >= 11 is 1.07. The largest absolute Gasteiger partial charge is 0.465 e. The number of carbonyl (C=O) groups excluding carboxylic acids is 2. The number of rotatable bonds is 6. The van der Waals surface area contributed by atoms with Gasteiger partial charge in [0.2, 0.25) is 0 Å². The second-order valence-corrected chi connectivity index (χ2v) is 7.73. The molecule has 0 fully saturated rings. The van der Waals surface area contributed by atoms with Crippen molar-refractivity contribution in [2.45, 2.75) is 13.8 Å². The lowest BCUT2D eigenvalue weighted by atomic mass is 9.99. The van der Waals surface area contributed by atoms with E-state index in [9.17, 15) is 29.8 Å². The average Bonchev–Trinajstić information content (AvgIpc) is 3.18. The van der Waals surface area contributed by atoms with Gasteiger partial charge in [0.1, 0.15) is 10.6 Å². The zero-order valence-corrected chi connectivity index (χ0v) is 18.0. The predicted molar refractivity (Wildman–Crippen MR) is 118 cm³/mol. The number of hydrogen-bond donors (Lipinski definition) is 1. The van der Waals surface area contributed by atoms with E-state index in [1.54, 1.807) is 5.38 Å². The van der Waals surface area contributed by atoms with E-state index in [4.69, 9.17) is 4.74 Å². The molecule has 1 N–H and O–H groups in total. The first-order valence-corrected chi connectivity index (χ1v) is 10.0. The monoisotopic (exact) mass is 455 g/mol. The summed E-state index contributed by atoms with van der Waals surface area (Å²) in [5.74, 6) is -1.52. The van der Waals surface area contributed by atoms with Crippen LogP contribution in [0.15, 0.2) is 41.8 Å². The van der Waals surface area contributed by atoms with E-state index in [2.05, 4.69) is 5.32 Å². The van der Waals surface area contributed by atoms with Crippen molar-refractivity contribution in [3.05, 3.63) is 84.3 Å². The molecule has 0 bridgehead atoms. The molecule has 3 aromatic rings. The first-order valence-electron chi connectivity index (χ1n) is 9.15. The van der Waals surface area contributed by atoms with Crippen molar-refractivity contribution in [2.24, 2.45) is 0 Å². The van der Waals surface area contributed by atoms with Crippen LogP contribution in [0.4, 0.5) is 16.4 Å². The van der Waals surface area contributed by atoms with E-state index in [0.717, 1.165) is 46.2 Å². The van der Waals surface area contributed by atoms with Crippen molar-refractivity contribution in [2.75, 3.05) is 12.4 Å². The summed E-state index contributed by atoms with van der Waals surface area (Å²) in [7, 11) is 1.21. The minimum Gasteiger partial charge on any atom is -0.465 e. The van der Waals surface area contributed by atoms with E-state index in [0.29, 0.717) is 5.56 Å². The Bertz CT molecular complexity index is 1230. The number of anilines is 1. The molecule has 1 amide bonds. The van der Waals surface area contributed by atoms with Gasteiger partial charge in [-0.3, -0.25) is 25.0 Å². The molecule has 10 nitrogen and oxygen atoms in total. The molecule has 0 radical (unpaired) electrons. The first kappa shape index (κ1) is 22.6. The van der Waals surface area contributed by atoms with Gasteiger partial charge in [-0.1, -0.05) is 18.2 Å². The zero-order valence-electron chi connectivity index (χ0n) is 17.2. The van der Waals surface area contributed by atoms with Crippen molar-refractivity contribution in [3.8, 4) is 11.1 Å². The number of non-ortho nitro benzene ring substituents is 2. The van der Waals surface area contributed by atoms with Crippen molar-refractivity contribution in [3.63, 3.8) is 0 Å². The quantitative estimate of drug-likeness (QED) is 0.317. The molecule has 0 aliphatic carbocycles. The van der Waals surface area contributed by atoms with Crippen LogP contribution >= 0.6 is 11.3 Å². The lowest BCUT2D eigenvalue weighted by Gasteiger charge is -2.09. The van der Waals surface area contributed by atoms with E-state index in [1.165, 1.54) is 7.11 Å². The molecule has 1 aromatic heterocycles. The number of aryl methyl sites for hydroxylation is 2. The van der Waals surface area contributed by atoms with Crippen LogP contribution in [0.3, 0.4) is 0 Å². The maximum Gasteiger partial charge on any atom is 0.341 e. The molecule has 3 rings (SSSR count). The molecule has 0 aliphatic rings. The fraction of sp³-hybridized carbons (Fsp3) is 0.143. The molecule has 0 aliphatic heterocycles. The highest BCUT2D eigenvalue weighted by Gasteiger charge is 2.25. The summed E-state index contributed by atoms with van der Waals surface area (Å²) < 4.78 is 4.88. The molecular weight excluding hydrogens is 438 g/mol. The Kier molecular flexibility index (Phi) is 6.30. The summed E-state index contributed by atoms with van der Waals surface area (Å²) in [4.78, 5) is 45.8. The molecule has 2 aromatic carbocycles. The highest BCUT2D eigenvalue weighted by Crippen LogP contribution is 2.37. The molecule has 1 heterocycles. The van der Waals surface area contributed by atoms with Gasteiger partial charge >= 0.3 is 5.97 Å². The Morgan fingerprint density at radius 3 is 2.12 bits per heavy atom. The van der Waals surface area contributed by atoms with Gasteiger partial charge in [0, 0.05) is 23.1 Å². The predicted octanol–water partition coefficient (Wildman–Crippen LogP) is 4.89. The maximum atomic E-state index is 12.8. The number of ether oxygens (including phenoxy) is 1. The van der Waals surface area contributed by atoms with E-state index < -0.39 is 33.1 Å². The molecule has 0 unspecified atom stereocenters. The van der Waals surface area contributed by atoms with Gasteiger partial charge < -0.3 is 10.1 Å². The van der Waals surface area contributed by atoms with Gasteiger partial charge in [-0.2, -0.15) is 0 Å². The molecule has 0 spiro atoms. The molecular formula is C21H17N3O7S. The Balaban J connectivity index is 2.04. The van der Waals surface area contributed by atoms with Crippen LogP contribution in [0, 0.1) is 34.1 Å². The van der Waals surface area contributed by atoms with E-state index in [1.807, 2.05) is 32.0 Å². The number of methoxy groups -OCH3 is 1. The lowest BCUT2D eigenvalue weighted by Crippen LogP contribution is -2.15. The number of esters is 1. The minimum atomic E-state index is -0.838. The number of benzene rings is 2. The van der Waals surface area contributed by atoms with Gasteiger partial charge in [-0.05, 0) is 30.5 Å². The van der Waals surface area contributed by atoms with Gasteiger partial charge in [0.05, 0.1) is 28.6 Å². The van der Waals surface area contributed by atoms with Gasteiger partial charge in [-0.15, -0.1) is 11.3 Å². The molecule has 0 atom stereocenters. The van der Waals surface area contributed by atoms with Crippen LogP contribution < -0.4 is 5.32 Å². The molecule has 32 heavy (non-hydrogen) atoms. The van der Waals surface area contributed by atoms with Crippen LogP contribution in [-0.2, 0) is 4.74 Å². The van der Waals surface area contributed by atoms with Crippen LogP contribution in [0.1, 0.15) is 31.8 Å². The first-order chi connectivity index (χ1) is 15.1. The van der Waals surface area contributed by atoms with E-state index in [-0.39, 0.29) is 16.1 Å². The summed E-state index contributed by atoms with van der Waals surface area (Å²) in [5, 5.41) is 26.6. The Hall–Kier alpha value is -4.12. The van der Waals surface area contributed by atoms with Crippen molar-refractivity contribution in [1.29, 1.82) is 0 Å². The van der Waals surface area contributed by atoms with Crippen molar-refractivity contribution in [1.82, 2.24) is 0 Å². The summed E-state index contributed by atoms with van der Waals surface area (Å²) in [6, 6.07) is 8.27. The van der Waals surface area contributed by atoms with Gasteiger partial charge in [-0.25, -0.2) is 4.79 Å². The maximum absolute atomic E-state index is 12.8. The third-order valence-corrected chi connectivity index (χ3v) is 5.71. The molecule has 0 saturated heterocycles. The highest BCUT2D eigenvalue weighted by molar-refractivity contribution is 7.15. The summed E-state index contributed by atoms with van der Waals surface area (Å²) in [6.07, 6.45) is 0. The van der Waals surface area contributed by atoms with Crippen molar-refractivity contribution < 1.29 is 24.2 Å². The highest BCUT2D eigenvalue weighted by atomic mass is 32.1. The Morgan fingerprint density at radius 2 is 1.59 bits per heavy atom. The van der Waals surface area contributed by atoms with Gasteiger partial charge in [0.15, 0.2) is 0 Å². The third-order valence-electron chi connectivity index (χ3n) is 4.81. The average molecular weight is 455 g/mol. The standard InChI is InChI=1S/C21H17N3O7S/c1-11-4-5-13(6-12(11)2)17-10-32-20(18(17)21(26)31-3)22-19(25)14-7-15(23(27)28)9-16(8-14)24(29)30/h4-10H,1-3H3,(H,22,25). The second-order valence-electron chi connectivity index (χ2n) is 6.85. The molecule has 11 heteroatoms. The fourth-order valence-electron chi connectivity index (χ4n) is 2.99. The van der Waals surface area contributed by atoms with Gasteiger partial charge in [0.25, 0.3) is 17.3 Å². The minimum absolute atomic E-state index is 0.119. The smallest absolute Gasteiger partial charge is 0.341 e. The number of nitrogens with zero attached hydrogens (tertiary/aromatic N) is 2. The van der Waals surface area contributed by atoms with Crippen LogP contribution in [-0.4, -0.2) is 28.8 Å². The fourth-order valence-corrected chi connectivity index (χ4v) is 3.94. The van der Waals surface area contributed by atoms with Crippen LogP contribution in [0.2, 0.25) is 0 Å². The summed E-state index contributed by atoms with van der Waals surface area (Å²) in [5.41, 5.74) is 2.01. The Morgan fingerprint density at radius 1 is 0.969 bits per heavy atom. The topological polar surface area (TPSA) is 142 Å². The Labute approximate surface area is 185 Å². The molecule has 0 saturated carbocycles.